The fourth-order valence-corrected chi connectivity index (χ4v) is 10.1. The lowest BCUT2D eigenvalue weighted by Crippen LogP contribution is -2.66. The summed E-state index contributed by atoms with van der Waals surface area (Å²) in [7, 11) is 1.50. The van der Waals surface area contributed by atoms with Crippen molar-refractivity contribution in [2.24, 2.45) is 23.7 Å². The second-order valence-corrected chi connectivity index (χ2v) is 15.8. The number of alkyl halides is 3. The maximum atomic E-state index is 14.9. The highest BCUT2D eigenvalue weighted by Crippen LogP contribution is 2.56. The Morgan fingerprint density at radius 2 is 1.67 bits per heavy atom. The van der Waals surface area contributed by atoms with Crippen molar-refractivity contribution < 1.29 is 37.3 Å². The Balaban J connectivity index is 1.06. The SMILES string of the molecule is COc1cccc(-n2cc(-c3ccc(C(=O)NC4(C(=O)O)C5CCC6CC(C5)CC4C6)c(C(F)(F)F)n3)c3ccc(OC4CCN(c5ncccn5)CC4)cc32)n1. The van der Waals surface area contributed by atoms with E-state index in [1.165, 1.54) is 13.2 Å². The first-order chi connectivity index (χ1) is 27.5. The quantitative estimate of drug-likeness (QED) is 0.156. The molecule has 5 aliphatic rings. The smallest absolute Gasteiger partial charge is 0.434 e. The highest BCUT2D eigenvalue weighted by Gasteiger charge is 2.60. The lowest BCUT2D eigenvalue weighted by atomic mass is 9.58. The molecule has 296 valence electrons. The van der Waals surface area contributed by atoms with Crippen molar-refractivity contribution in [3.63, 3.8) is 0 Å². The standard InChI is InChI=1S/C42H42F3N7O5/c1-56-36-5-2-4-35(49-36)52-23-32(30-9-8-29(22-34(30)52)57-28-12-16-51(17-13-28)40-46-14-3-15-47-40)33-11-10-31(37(48-33)42(43,44)45)38(53)50-41(39(54)55)26-7-6-24-18-25(20-26)21-27(41)19-24/h2-5,8-11,14-15,22-28H,6-7,12-13,16-21H2,1H3,(H,50,53)(H,54,55). The average molecular weight is 782 g/mol. The van der Waals surface area contributed by atoms with Crippen molar-refractivity contribution in [1.82, 2.24) is 29.8 Å². The minimum Gasteiger partial charge on any atom is -0.490 e. The number of piperidine rings is 1. The number of nitrogens with one attached hydrogen (secondary N) is 1. The summed E-state index contributed by atoms with van der Waals surface area (Å²) in [4.78, 5) is 46.5. The summed E-state index contributed by atoms with van der Waals surface area (Å²) in [6.07, 6.45) is 5.92. The third-order valence-corrected chi connectivity index (χ3v) is 12.6. The molecule has 0 radical (unpaired) electrons. The lowest BCUT2D eigenvalue weighted by molar-refractivity contribution is -0.154. The maximum absolute atomic E-state index is 14.9. The van der Waals surface area contributed by atoms with Crippen molar-refractivity contribution in [2.75, 3.05) is 25.1 Å². The Morgan fingerprint density at radius 1 is 0.895 bits per heavy atom. The van der Waals surface area contributed by atoms with Crippen LogP contribution in [0, 0.1) is 23.7 Å². The summed E-state index contributed by atoms with van der Waals surface area (Å²) in [6, 6.07) is 14.9. The Morgan fingerprint density at radius 3 is 2.42 bits per heavy atom. The summed E-state index contributed by atoms with van der Waals surface area (Å²) in [5.41, 5.74) is -2.76. The van der Waals surface area contributed by atoms with Gasteiger partial charge in [-0.3, -0.25) is 4.79 Å². The van der Waals surface area contributed by atoms with E-state index in [0.717, 1.165) is 31.7 Å². The summed E-state index contributed by atoms with van der Waals surface area (Å²) in [5, 5.41) is 13.9. The number of hydrogen-bond donors (Lipinski definition) is 2. The van der Waals surface area contributed by atoms with E-state index >= 15 is 0 Å². The molecule has 4 saturated carbocycles. The first kappa shape index (κ1) is 36.9. The van der Waals surface area contributed by atoms with Crippen molar-refractivity contribution in [2.45, 2.75) is 69.2 Å². The molecule has 4 aliphatic carbocycles. The van der Waals surface area contributed by atoms with Crippen molar-refractivity contribution in [3.05, 3.63) is 84.4 Å². The first-order valence-corrected chi connectivity index (χ1v) is 19.5. The molecule has 5 aromatic rings. The van der Waals surface area contributed by atoms with Gasteiger partial charge in [0.1, 0.15) is 23.2 Å². The predicted octanol–water partition coefficient (Wildman–Crippen LogP) is 7.35. The minimum atomic E-state index is -5.02. The van der Waals surface area contributed by atoms with Crippen molar-refractivity contribution >= 4 is 28.7 Å². The summed E-state index contributed by atoms with van der Waals surface area (Å²) in [6.45, 7) is 1.43. The normalized spacial score (nSPS) is 24.7. The number of fused-ring (bicyclic) bond motifs is 2. The third-order valence-electron chi connectivity index (χ3n) is 12.6. The van der Waals surface area contributed by atoms with Gasteiger partial charge < -0.3 is 29.4 Å². The van der Waals surface area contributed by atoms with E-state index in [2.05, 4.69) is 30.2 Å². The number of anilines is 1. The fourth-order valence-electron chi connectivity index (χ4n) is 10.1. The fraction of sp³-hybridized carbons (Fsp3) is 0.429. The van der Waals surface area contributed by atoms with Gasteiger partial charge in [-0.1, -0.05) is 12.5 Å². The van der Waals surface area contributed by atoms with Crippen LogP contribution in [0.25, 0.3) is 28.0 Å². The second kappa shape index (κ2) is 14.3. The molecule has 4 bridgehead atoms. The van der Waals surface area contributed by atoms with Gasteiger partial charge in [-0.15, -0.1) is 0 Å². The maximum Gasteiger partial charge on any atom is 0.434 e. The van der Waals surface area contributed by atoms with Crippen LogP contribution in [-0.4, -0.2) is 73.3 Å². The van der Waals surface area contributed by atoms with Gasteiger partial charge in [-0.25, -0.2) is 19.7 Å². The molecule has 1 amide bonds. The van der Waals surface area contributed by atoms with Crippen LogP contribution in [-0.2, 0) is 11.0 Å². The van der Waals surface area contributed by atoms with Crippen LogP contribution in [0.3, 0.4) is 0 Å². The van der Waals surface area contributed by atoms with Gasteiger partial charge in [0.05, 0.1) is 23.9 Å². The number of methoxy groups -OCH3 is 1. The summed E-state index contributed by atoms with van der Waals surface area (Å²) >= 11 is 0. The van der Waals surface area contributed by atoms with Crippen LogP contribution in [0.15, 0.2) is 73.2 Å². The van der Waals surface area contributed by atoms with Crippen LogP contribution in [0.4, 0.5) is 19.1 Å². The number of carboxylic acid groups (broad SMARTS) is 1. The molecular formula is C42H42F3N7O5. The highest BCUT2D eigenvalue weighted by atomic mass is 19.4. The van der Waals surface area contributed by atoms with Gasteiger partial charge in [0, 0.05) is 67.6 Å². The number of nitrogens with zero attached hydrogens (tertiary/aromatic N) is 6. The van der Waals surface area contributed by atoms with Crippen LogP contribution in [0.1, 0.15) is 67.4 Å². The molecule has 57 heavy (non-hydrogen) atoms. The van der Waals surface area contributed by atoms with E-state index in [0.29, 0.717) is 90.5 Å². The summed E-state index contributed by atoms with van der Waals surface area (Å²) < 4.78 is 58.4. The molecule has 1 aliphatic heterocycles. The molecule has 1 aromatic carbocycles. The highest BCUT2D eigenvalue weighted by molar-refractivity contribution is 6.01. The van der Waals surface area contributed by atoms with Crippen molar-refractivity contribution in [3.8, 4) is 28.7 Å². The van der Waals surface area contributed by atoms with Gasteiger partial charge in [-0.05, 0) is 92.2 Å². The molecule has 12 nitrogen and oxygen atoms in total. The molecule has 4 aromatic heterocycles. The van der Waals surface area contributed by atoms with Gasteiger partial charge in [0.2, 0.25) is 11.8 Å². The van der Waals surface area contributed by atoms with Gasteiger partial charge in [0.15, 0.2) is 5.69 Å². The monoisotopic (exact) mass is 781 g/mol. The molecule has 0 spiro atoms. The number of carbonyl (C=O) groups is 2. The van der Waals surface area contributed by atoms with E-state index < -0.39 is 34.8 Å². The number of carboxylic acids is 1. The molecule has 5 heterocycles. The zero-order chi connectivity index (χ0) is 39.5. The first-order valence-electron chi connectivity index (χ1n) is 19.5. The van der Waals surface area contributed by atoms with E-state index in [-0.39, 0.29) is 23.6 Å². The number of aromatic nitrogens is 5. The largest absolute Gasteiger partial charge is 0.490 e. The molecule has 2 N–H and O–H groups in total. The Hall–Kier alpha value is -5.73. The van der Waals surface area contributed by atoms with Gasteiger partial charge in [0.25, 0.3) is 5.91 Å². The molecular weight excluding hydrogens is 739 g/mol. The van der Waals surface area contributed by atoms with Gasteiger partial charge in [-0.2, -0.15) is 18.2 Å². The van der Waals surface area contributed by atoms with Crippen LogP contribution < -0.4 is 19.7 Å². The van der Waals surface area contributed by atoms with E-state index in [9.17, 15) is 27.9 Å². The zero-order valence-electron chi connectivity index (χ0n) is 31.3. The number of amides is 1. The second-order valence-electron chi connectivity index (χ2n) is 15.8. The zero-order valence-corrected chi connectivity index (χ0v) is 31.3. The van der Waals surface area contributed by atoms with E-state index in [1.807, 2.05) is 6.07 Å². The number of carbonyl (C=O) groups excluding carboxylic acids is 1. The number of ether oxygens (including phenoxy) is 2. The molecule has 5 atom stereocenters. The van der Waals surface area contributed by atoms with E-state index in [1.54, 1.807) is 59.6 Å². The van der Waals surface area contributed by atoms with Gasteiger partial charge >= 0.3 is 12.1 Å². The number of pyridine rings is 2. The Bertz CT molecular complexity index is 2320. The Labute approximate surface area is 326 Å². The lowest BCUT2D eigenvalue weighted by Gasteiger charge is -2.50. The van der Waals surface area contributed by atoms with E-state index in [4.69, 9.17) is 9.47 Å². The molecule has 5 unspecified atom stereocenters. The Kier molecular flexibility index (Phi) is 9.27. The molecule has 15 heteroatoms. The third kappa shape index (κ3) is 6.69. The number of benzene rings is 1. The molecule has 1 saturated heterocycles. The number of aliphatic carboxylic acids is 1. The minimum absolute atomic E-state index is 0.0194. The van der Waals surface area contributed by atoms with Crippen LogP contribution in [0.5, 0.6) is 11.6 Å². The topological polar surface area (TPSA) is 145 Å². The predicted molar refractivity (Wildman–Crippen MR) is 203 cm³/mol. The molecule has 10 rings (SSSR count). The number of halogens is 3. The summed E-state index contributed by atoms with van der Waals surface area (Å²) in [5.74, 6) is -0.150. The van der Waals surface area contributed by atoms with Crippen LogP contribution in [0.2, 0.25) is 0 Å². The van der Waals surface area contributed by atoms with Crippen molar-refractivity contribution in [1.29, 1.82) is 0 Å². The number of rotatable bonds is 9. The molecule has 5 fully saturated rings. The van der Waals surface area contributed by atoms with Crippen LogP contribution >= 0.6 is 0 Å². The number of hydrogen-bond acceptors (Lipinski definition) is 9. The average Bonchev–Trinajstić information content (AvgIpc) is 3.47.